The summed E-state index contributed by atoms with van der Waals surface area (Å²) in [5.74, 6) is -0.207. The fourth-order valence-corrected chi connectivity index (χ4v) is 1.43. The molecule has 0 radical (unpaired) electrons. The van der Waals surface area contributed by atoms with Gasteiger partial charge < -0.3 is 21.1 Å². The van der Waals surface area contributed by atoms with E-state index >= 15 is 0 Å². The number of ether oxygens (including phenoxy) is 1. The van der Waals surface area contributed by atoms with Gasteiger partial charge in [-0.15, -0.1) is 0 Å². The molecule has 6 heteroatoms. The second-order valence-electron chi connectivity index (χ2n) is 4.34. The van der Waals surface area contributed by atoms with Crippen LogP contribution in [0.5, 0.6) is 0 Å². The number of rotatable bonds is 9. The molecule has 1 atom stereocenters. The Morgan fingerprint density at radius 2 is 1.94 bits per heavy atom. The largest absolute Gasteiger partial charge is 0.377 e. The van der Waals surface area contributed by atoms with Crippen molar-refractivity contribution in [3.63, 3.8) is 0 Å². The fraction of sp³-hybridized carbons (Fsp3) is 0.833. The van der Waals surface area contributed by atoms with E-state index in [2.05, 4.69) is 10.6 Å². The van der Waals surface area contributed by atoms with Gasteiger partial charge in [-0.3, -0.25) is 9.59 Å². The second kappa shape index (κ2) is 9.85. The van der Waals surface area contributed by atoms with Gasteiger partial charge in [-0.1, -0.05) is 0 Å². The van der Waals surface area contributed by atoms with Crippen LogP contribution >= 0.6 is 0 Å². The lowest BCUT2D eigenvalue weighted by Gasteiger charge is -2.14. The molecule has 0 heterocycles. The van der Waals surface area contributed by atoms with E-state index in [0.717, 1.165) is 0 Å². The van der Waals surface area contributed by atoms with Gasteiger partial charge in [0.2, 0.25) is 11.8 Å². The Labute approximate surface area is 109 Å². The van der Waals surface area contributed by atoms with Crippen molar-refractivity contribution in [1.29, 1.82) is 0 Å². The summed E-state index contributed by atoms with van der Waals surface area (Å²) in [6, 6.07) is 0.118. The van der Waals surface area contributed by atoms with Gasteiger partial charge in [0.1, 0.15) is 0 Å². The number of amides is 2. The molecule has 0 aliphatic rings. The van der Waals surface area contributed by atoms with Crippen LogP contribution in [0.1, 0.15) is 33.6 Å². The van der Waals surface area contributed by atoms with Crippen molar-refractivity contribution < 1.29 is 14.3 Å². The standard InChI is InChI=1S/C12H25N3O3/c1-4-18-10(8-13)7-12(17)14-6-5-11(16)15-9(2)3/h9-10H,4-8,13H2,1-3H3,(H,14,17)(H,15,16). The minimum absolute atomic E-state index is 0.0644. The Balaban J connectivity index is 3.73. The molecule has 0 saturated heterocycles. The first-order valence-corrected chi connectivity index (χ1v) is 6.37. The highest BCUT2D eigenvalue weighted by atomic mass is 16.5. The van der Waals surface area contributed by atoms with E-state index in [0.29, 0.717) is 19.7 Å². The zero-order chi connectivity index (χ0) is 14.0. The quantitative estimate of drug-likeness (QED) is 0.533. The average Bonchev–Trinajstić information content (AvgIpc) is 2.27. The van der Waals surface area contributed by atoms with Crippen molar-refractivity contribution in [2.24, 2.45) is 5.73 Å². The third-order valence-electron chi connectivity index (χ3n) is 2.20. The lowest BCUT2D eigenvalue weighted by atomic mass is 10.2. The van der Waals surface area contributed by atoms with E-state index in [1.807, 2.05) is 20.8 Å². The molecule has 0 aliphatic heterocycles. The molecule has 4 N–H and O–H groups in total. The molecule has 6 nitrogen and oxygen atoms in total. The molecule has 0 aliphatic carbocycles. The van der Waals surface area contributed by atoms with Crippen LogP contribution in [0.25, 0.3) is 0 Å². The van der Waals surface area contributed by atoms with Crippen molar-refractivity contribution in [2.45, 2.75) is 45.8 Å². The van der Waals surface area contributed by atoms with E-state index in [4.69, 9.17) is 10.5 Å². The van der Waals surface area contributed by atoms with Gasteiger partial charge in [-0.05, 0) is 20.8 Å². The minimum Gasteiger partial charge on any atom is -0.377 e. The van der Waals surface area contributed by atoms with Gasteiger partial charge >= 0.3 is 0 Å². The maximum absolute atomic E-state index is 11.5. The summed E-state index contributed by atoms with van der Waals surface area (Å²) in [7, 11) is 0. The van der Waals surface area contributed by atoms with E-state index < -0.39 is 0 Å². The van der Waals surface area contributed by atoms with Gasteiger partial charge in [0, 0.05) is 32.2 Å². The zero-order valence-electron chi connectivity index (χ0n) is 11.5. The third kappa shape index (κ3) is 8.95. The molecule has 2 amide bonds. The summed E-state index contributed by atoms with van der Waals surface area (Å²) in [6.07, 6.45) is 0.265. The molecule has 0 fully saturated rings. The Hall–Kier alpha value is -1.14. The number of hydrogen-bond donors (Lipinski definition) is 3. The van der Waals surface area contributed by atoms with Gasteiger partial charge in [0.05, 0.1) is 12.5 Å². The normalized spacial score (nSPS) is 12.3. The van der Waals surface area contributed by atoms with Crippen LogP contribution in [-0.4, -0.2) is 43.7 Å². The highest BCUT2D eigenvalue weighted by Gasteiger charge is 2.12. The minimum atomic E-state index is -0.250. The van der Waals surface area contributed by atoms with Crippen molar-refractivity contribution in [2.75, 3.05) is 19.7 Å². The molecule has 1 unspecified atom stereocenters. The molecule has 0 rings (SSSR count). The van der Waals surface area contributed by atoms with Gasteiger partial charge in [0.15, 0.2) is 0 Å². The van der Waals surface area contributed by atoms with Crippen LogP contribution in [0.15, 0.2) is 0 Å². The number of carbonyl (C=O) groups excluding carboxylic acids is 2. The summed E-state index contributed by atoms with van der Waals surface area (Å²) in [5, 5.41) is 5.43. The highest BCUT2D eigenvalue weighted by molar-refractivity contribution is 5.79. The molecule has 0 aromatic carbocycles. The summed E-state index contributed by atoms with van der Waals surface area (Å²) >= 11 is 0. The predicted octanol–water partition coefficient (Wildman–Crippen LogP) is -0.229. The number of carbonyl (C=O) groups is 2. The first kappa shape index (κ1) is 16.9. The molecule has 0 aromatic rings. The first-order valence-electron chi connectivity index (χ1n) is 6.37. The maximum atomic E-state index is 11.5. The van der Waals surface area contributed by atoms with Crippen molar-refractivity contribution in [3.05, 3.63) is 0 Å². The number of nitrogens with two attached hydrogens (primary N) is 1. The Morgan fingerprint density at radius 3 is 2.44 bits per heavy atom. The third-order valence-corrected chi connectivity index (χ3v) is 2.20. The van der Waals surface area contributed by atoms with Crippen LogP contribution in [0, 0.1) is 0 Å². The van der Waals surface area contributed by atoms with Crippen LogP contribution in [0.4, 0.5) is 0 Å². The van der Waals surface area contributed by atoms with Crippen LogP contribution < -0.4 is 16.4 Å². The molecule has 106 valence electrons. The van der Waals surface area contributed by atoms with Crippen LogP contribution in [0.2, 0.25) is 0 Å². The van der Waals surface area contributed by atoms with Crippen molar-refractivity contribution in [3.8, 4) is 0 Å². The van der Waals surface area contributed by atoms with Crippen LogP contribution in [0.3, 0.4) is 0 Å². The molecule has 18 heavy (non-hydrogen) atoms. The molecule has 0 saturated carbocycles. The molecule has 0 spiro atoms. The van der Waals surface area contributed by atoms with E-state index in [1.165, 1.54) is 0 Å². The summed E-state index contributed by atoms with van der Waals surface area (Å²) in [6.45, 7) is 6.83. The monoisotopic (exact) mass is 259 g/mol. The number of hydrogen-bond acceptors (Lipinski definition) is 4. The fourth-order valence-electron chi connectivity index (χ4n) is 1.43. The van der Waals surface area contributed by atoms with Crippen molar-refractivity contribution in [1.82, 2.24) is 10.6 Å². The van der Waals surface area contributed by atoms with Gasteiger partial charge in [-0.25, -0.2) is 0 Å². The lowest BCUT2D eigenvalue weighted by Crippen LogP contribution is -2.36. The molecule has 0 aromatic heterocycles. The Bertz CT molecular complexity index is 257. The van der Waals surface area contributed by atoms with E-state index in [1.54, 1.807) is 0 Å². The van der Waals surface area contributed by atoms with Gasteiger partial charge in [0.25, 0.3) is 0 Å². The molecular formula is C12H25N3O3. The van der Waals surface area contributed by atoms with Gasteiger partial charge in [-0.2, -0.15) is 0 Å². The second-order valence-corrected chi connectivity index (χ2v) is 4.34. The van der Waals surface area contributed by atoms with Crippen LogP contribution in [-0.2, 0) is 14.3 Å². The highest BCUT2D eigenvalue weighted by Crippen LogP contribution is 1.96. The maximum Gasteiger partial charge on any atom is 0.222 e. The smallest absolute Gasteiger partial charge is 0.222 e. The predicted molar refractivity (Wildman–Crippen MR) is 70.0 cm³/mol. The molecular weight excluding hydrogens is 234 g/mol. The Morgan fingerprint density at radius 1 is 1.28 bits per heavy atom. The summed E-state index contributed by atoms with van der Waals surface area (Å²) < 4.78 is 5.28. The number of nitrogens with one attached hydrogen (secondary N) is 2. The van der Waals surface area contributed by atoms with Crippen molar-refractivity contribution >= 4 is 11.8 Å². The first-order chi connectivity index (χ1) is 8.49. The van der Waals surface area contributed by atoms with E-state index in [-0.39, 0.29) is 36.8 Å². The topological polar surface area (TPSA) is 93.4 Å². The summed E-state index contributed by atoms with van der Waals surface area (Å²) in [5.41, 5.74) is 5.47. The van der Waals surface area contributed by atoms with E-state index in [9.17, 15) is 9.59 Å². The summed E-state index contributed by atoms with van der Waals surface area (Å²) in [4.78, 5) is 22.8. The lowest BCUT2D eigenvalue weighted by molar-refractivity contribution is -0.124. The molecule has 0 bridgehead atoms. The average molecular weight is 259 g/mol. The SMILES string of the molecule is CCOC(CN)CC(=O)NCCC(=O)NC(C)C. The Kier molecular flexibility index (Phi) is 9.22. The zero-order valence-corrected chi connectivity index (χ0v) is 11.5.